The number of aryl methyl sites for hydroxylation is 1. The van der Waals surface area contributed by atoms with Crippen molar-refractivity contribution >= 4 is 22.8 Å². The highest BCUT2D eigenvalue weighted by molar-refractivity contribution is 8.93. The molecule has 0 N–H and O–H groups in total. The molecule has 3 nitrogen and oxygen atoms in total. The molecule has 0 unspecified atom stereocenters. The molecule has 1 aromatic heterocycles. The Morgan fingerprint density at radius 1 is 1.21 bits per heavy atom. The molecule has 0 bridgehead atoms. The van der Waals surface area contributed by atoms with Gasteiger partial charge in [-0.1, -0.05) is 0 Å². The van der Waals surface area contributed by atoms with Crippen molar-refractivity contribution < 1.29 is 14.1 Å². The van der Waals surface area contributed by atoms with Gasteiger partial charge in [0, 0.05) is 17.2 Å². The van der Waals surface area contributed by atoms with Crippen molar-refractivity contribution in [3.05, 3.63) is 59.9 Å². The maximum Gasteiger partial charge on any atom is 0.227 e. The average Bonchev–Trinajstić information content (AvgIpc) is 2.39. The molecule has 4 heteroatoms. The first kappa shape index (κ1) is 15.4. The number of aromatic nitrogens is 1. The van der Waals surface area contributed by atoms with Crippen molar-refractivity contribution in [1.82, 2.24) is 0 Å². The summed E-state index contributed by atoms with van der Waals surface area (Å²) in [6.45, 7) is 2.36. The molecule has 0 fully saturated rings. The largest absolute Gasteiger partial charge is 0.497 e. The zero-order valence-corrected chi connectivity index (χ0v) is 12.7. The molecule has 0 aliphatic carbocycles. The number of pyridine rings is 1. The second-order valence-corrected chi connectivity index (χ2v) is 4.21. The van der Waals surface area contributed by atoms with Crippen LogP contribution >= 0.6 is 17.0 Å². The number of hydrogen-bond donors (Lipinski definition) is 0. The van der Waals surface area contributed by atoms with E-state index >= 15 is 0 Å². The molecule has 0 amide bonds. The van der Waals surface area contributed by atoms with E-state index in [9.17, 15) is 4.79 Å². The molecule has 0 radical (unpaired) electrons. The van der Waals surface area contributed by atoms with Crippen LogP contribution in [0.15, 0.2) is 48.8 Å². The number of nitrogens with zero attached hydrogens (tertiary/aromatic N) is 1. The summed E-state index contributed by atoms with van der Waals surface area (Å²) in [5.41, 5.74) is 1.84. The topological polar surface area (TPSA) is 30.2 Å². The molecule has 2 aromatic rings. The molecule has 100 valence electrons. The predicted molar refractivity (Wildman–Crippen MR) is 79.0 cm³/mol. The van der Waals surface area contributed by atoms with Crippen molar-refractivity contribution in [2.24, 2.45) is 0 Å². The number of methoxy groups -OCH3 is 1. The summed E-state index contributed by atoms with van der Waals surface area (Å²) in [5, 5.41) is 0. The van der Waals surface area contributed by atoms with Gasteiger partial charge in [0.05, 0.1) is 7.11 Å². The first-order chi connectivity index (χ1) is 8.69. The molecule has 0 saturated heterocycles. The van der Waals surface area contributed by atoms with Crippen molar-refractivity contribution in [2.75, 3.05) is 7.11 Å². The first-order valence-electron chi connectivity index (χ1n) is 5.82. The van der Waals surface area contributed by atoms with Crippen LogP contribution in [0.25, 0.3) is 0 Å². The summed E-state index contributed by atoms with van der Waals surface area (Å²) < 4.78 is 6.96. The van der Waals surface area contributed by atoms with E-state index in [1.165, 1.54) is 0 Å². The van der Waals surface area contributed by atoms with Crippen molar-refractivity contribution in [1.29, 1.82) is 0 Å². The third-order valence-corrected chi connectivity index (χ3v) is 2.74. The smallest absolute Gasteiger partial charge is 0.227 e. The van der Waals surface area contributed by atoms with Crippen LogP contribution in [0.2, 0.25) is 0 Å². The molecule has 1 aromatic carbocycles. The third-order valence-electron chi connectivity index (χ3n) is 2.74. The van der Waals surface area contributed by atoms with Gasteiger partial charge in [-0.05, 0) is 37.3 Å². The van der Waals surface area contributed by atoms with Gasteiger partial charge in [-0.15, -0.1) is 17.0 Å². The number of carbonyl (C=O) groups is 1. The molecule has 0 atom stereocenters. The van der Waals surface area contributed by atoms with Crippen molar-refractivity contribution in [3.63, 3.8) is 0 Å². The van der Waals surface area contributed by atoms with Gasteiger partial charge in [-0.2, -0.15) is 4.57 Å². The van der Waals surface area contributed by atoms with Crippen LogP contribution in [-0.2, 0) is 6.54 Å². The minimum Gasteiger partial charge on any atom is -0.497 e. The molecular formula is C15H17BrNO2+. The summed E-state index contributed by atoms with van der Waals surface area (Å²) in [4.78, 5) is 12.1. The van der Waals surface area contributed by atoms with Gasteiger partial charge < -0.3 is 4.74 Å². The van der Waals surface area contributed by atoms with E-state index in [2.05, 4.69) is 0 Å². The van der Waals surface area contributed by atoms with Crippen LogP contribution in [-0.4, -0.2) is 12.9 Å². The number of benzene rings is 1. The Hall–Kier alpha value is -1.68. The monoisotopic (exact) mass is 322 g/mol. The summed E-state index contributed by atoms with van der Waals surface area (Å²) in [5.74, 6) is 0.850. The number of carbonyl (C=O) groups excluding carboxylic acids is 1. The highest BCUT2D eigenvalue weighted by atomic mass is 79.9. The quantitative estimate of drug-likeness (QED) is 0.640. The van der Waals surface area contributed by atoms with E-state index in [4.69, 9.17) is 4.74 Å². The fourth-order valence-corrected chi connectivity index (χ4v) is 1.79. The Bertz CT molecular complexity index is 552. The average molecular weight is 323 g/mol. The third kappa shape index (κ3) is 4.17. The zero-order chi connectivity index (χ0) is 13.0. The van der Waals surface area contributed by atoms with E-state index < -0.39 is 0 Å². The normalized spacial score (nSPS) is 9.58. The molecule has 1 heterocycles. The molecule has 0 aliphatic heterocycles. The molecule has 2 rings (SSSR count). The molecule has 19 heavy (non-hydrogen) atoms. The van der Waals surface area contributed by atoms with Crippen molar-refractivity contribution in [3.8, 4) is 5.75 Å². The van der Waals surface area contributed by atoms with Gasteiger partial charge in [0.25, 0.3) is 0 Å². The van der Waals surface area contributed by atoms with Crippen LogP contribution in [0.1, 0.15) is 15.9 Å². The van der Waals surface area contributed by atoms with E-state index in [-0.39, 0.29) is 22.8 Å². The lowest BCUT2D eigenvalue weighted by molar-refractivity contribution is -0.683. The highest BCUT2D eigenvalue weighted by Gasteiger charge is 2.11. The van der Waals surface area contributed by atoms with E-state index in [1.807, 2.05) is 36.0 Å². The minimum atomic E-state index is 0. The number of ketones is 1. The second kappa shape index (κ2) is 7.04. The van der Waals surface area contributed by atoms with Gasteiger partial charge in [0.1, 0.15) is 5.75 Å². The standard InChI is InChI=1S/C15H16NO2.BrH/c1-12-4-3-9-16(10-12)11-15(17)13-5-7-14(18-2)8-6-13;/h3-10H,11H2,1-2H3;1H/q+1;. The summed E-state index contributed by atoms with van der Waals surface area (Å²) in [6, 6.07) is 11.1. The first-order valence-corrected chi connectivity index (χ1v) is 5.82. The Labute approximate surface area is 123 Å². The summed E-state index contributed by atoms with van der Waals surface area (Å²) in [7, 11) is 1.61. The maximum absolute atomic E-state index is 12.1. The Kier molecular flexibility index (Phi) is 5.70. The van der Waals surface area contributed by atoms with E-state index in [1.54, 1.807) is 31.4 Å². The maximum atomic E-state index is 12.1. The van der Waals surface area contributed by atoms with E-state index in [0.717, 1.165) is 11.3 Å². The second-order valence-electron chi connectivity index (χ2n) is 4.21. The Morgan fingerprint density at radius 3 is 2.47 bits per heavy atom. The van der Waals surface area contributed by atoms with Gasteiger partial charge >= 0.3 is 0 Å². The van der Waals surface area contributed by atoms with Crippen molar-refractivity contribution in [2.45, 2.75) is 13.5 Å². The number of Topliss-reactive ketones (excluding diaryl/α,β-unsaturated/α-hetero) is 1. The minimum absolute atomic E-state index is 0. The predicted octanol–water partition coefficient (Wildman–Crippen LogP) is 2.75. The molecular weight excluding hydrogens is 306 g/mol. The number of hydrogen-bond acceptors (Lipinski definition) is 2. The number of rotatable bonds is 4. The van der Waals surface area contributed by atoms with Crippen LogP contribution in [0.5, 0.6) is 5.75 Å². The van der Waals surface area contributed by atoms with Gasteiger partial charge in [-0.25, -0.2) is 0 Å². The van der Waals surface area contributed by atoms with Gasteiger partial charge in [0.15, 0.2) is 12.4 Å². The van der Waals surface area contributed by atoms with Gasteiger partial charge in [0.2, 0.25) is 12.3 Å². The van der Waals surface area contributed by atoms with Gasteiger partial charge in [-0.3, -0.25) is 4.79 Å². The lowest BCUT2D eigenvalue weighted by atomic mass is 10.1. The molecule has 0 spiro atoms. The fraction of sp³-hybridized carbons (Fsp3) is 0.200. The van der Waals surface area contributed by atoms with Crippen LogP contribution in [0, 0.1) is 6.92 Å². The number of halogens is 1. The highest BCUT2D eigenvalue weighted by Crippen LogP contribution is 2.11. The summed E-state index contributed by atoms with van der Waals surface area (Å²) in [6.07, 6.45) is 3.86. The summed E-state index contributed by atoms with van der Waals surface area (Å²) >= 11 is 0. The molecule has 0 aliphatic rings. The fourth-order valence-electron chi connectivity index (χ4n) is 1.79. The van der Waals surface area contributed by atoms with E-state index in [0.29, 0.717) is 12.1 Å². The molecule has 0 saturated carbocycles. The lowest BCUT2D eigenvalue weighted by Crippen LogP contribution is -2.37. The Balaban J connectivity index is 0.00000180. The lowest BCUT2D eigenvalue weighted by Gasteiger charge is -2.01. The van der Waals surface area contributed by atoms with Crippen LogP contribution < -0.4 is 9.30 Å². The van der Waals surface area contributed by atoms with Crippen LogP contribution in [0.4, 0.5) is 0 Å². The number of ether oxygens (including phenoxy) is 1. The Morgan fingerprint density at radius 2 is 1.89 bits per heavy atom. The SMILES string of the molecule is Br.COc1ccc(C(=O)C[n+]2cccc(C)c2)cc1. The zero-order valence-electron chi connectivity index (χ0n) is 11.0. The van der Waals surface area contributed by atoms with Crippen LogP contribution in [0.3, 0.4) is 0 Å².